The molecule has 0 aliphatic rings. The molecular weight excluding hydrogens is 218 g/mol. The van der Waals surface area contributed by atoms with E-state index in [-0.39, 0.29) is 12.3 Å². The molecule has 1 rings (SSSR count). The summed E-state index contributed by atoms with van der Waals surface area (Å²) in [5, 5.41) is 2.52. The van der Waals surface area contributed by atoms with Crippen LogP contribution in [0.15, 0.2) is 24.3 Å². The zero-order chi connectivity index (χ0) is 12.8. The van der Waals surface area contributed by atoms with Gasteiger partial charge >= 0.3 is 0 Å². The third kappa shape index (κ3) is 4.24. The summed E-state index contributed by atoms with van der Waals surface area (Å²) in [6, 6.07) is 6.79. The number of nitrogens with two attached hydrogens (primary N) is 2. The molecule has 5 nitrogen and oxygen atoms in total. The maximum Gasteiger partial charge on any atom is 0.239 e. The Kier molecular flexibility index (Phi) is 4.66. The van der Waals surface area contributed by atoms with Crippen LogP contribution in [0.2, 0.25) is 0 Å². The van der Waals surface area contributed by atoms with E-state index in [1.807, 2.05) is 24.3 Å². The lowest BCUT2D eigenvalue weighted by molar-refractivity contribution is -0.126. The normalized spacial score (nSPS) is 11.9. The summed E-state index contributed by atoms with van der Waals surface area (Å²) < 4.78 is 0. The molecule has 2 amide bonds. The zero-order valence-electron chi connectivity index (χ0n) is 9.77. The minimum Gasteiger partial charge on any atom is -0.368 e. The first-order valence-corrected chi connectivity index (χ1v) is 5.39. The van der Waals surface area contributed by atoms with Crippen molar-refractivity contribution in [2.24, 2.45) is 11.5 Å². The molecule has 0 heterocycles. The summed E-state index contributed by atoms with van der Waals surface area (Å²) in [4.78, 5) is 22.3. The second kappa shape index (κ2) is 6.00. The highest BCUT2D eigenvalue weighted by Crippen LogP contribution is 2.04. The Hall–Kier alpha value is -1.88. The molecular formula is C12H17N3O2. The number of benzene rings is 1. The van der Waals surface area contributed by atoms with Crippen LogP contribution >= 0.6 is 0 Å². The molecule has 0 aliphatic heterocycles. The lowest BCUT2D eigenvalue weighted by Crippen LogP contribution is -2.42. The highest BCUT2D eigenvalue weighted by Gasteiger charge is 2.12. The molecule has 0 spiro atoms. The first-order valence-electron chi connectivity index (χ1n) is 5.39. The Bertz CT molecular complexity index is 401. The van der Waals surface area contributed by atoms with E-state index in [0.717, 1.165) is 11.1 Å². The van der Waals surface area contributed by atoms with Gasteiger partial charge < -0.3 is 16.8 Å². The molecule has 5 heteroatoms. The number of hydrogen-bond donors (Lipinski definition) is 3. The highest BCUT2D eigenvalue weighted by atomic mass is 16.2. The molecule has 1 atom stereocenters. The number of carbonyl (C=O) groups excluding carboxylic acids is 2. The van der Waals surface area contributed by atoms with Crippen molar-refractivity contribution >= 4 is 11.8 Å². The number of amides is 2. The minimum atomic E-state index is -0.647. The van der Waals surface area contributed by atoms with Gasteiger partial charge in [0.1, 0.15) is 6.04 Å². The van der Waals surface area contributed by atoms with Gasteiger partial charge in [-0.05, 0) is 18.1 Å². The quantitative estimate of drug-likeness (QED) is 0.652. The Morgan fingerprint density at radius 3 is 2.24 bits per heavy atom. The van der Waals surface area contributed by atoms with E-state index in [2.05, 4.69) is 5.32 Å². The molecule has 0 saturated carbocycles. The van der Waals surface area contributed by atoms with E-state index in [1.54, 1.807) is 6.92 Å². The molecule has 0 aliphatic carbocycles. The minimum absolute atomic E-state index is 0.225. The summed E-state index contributed by atoms with van der Waals surface area (Å²) in [6.07, 6.45) is 0.225. The molecule has 0 aromatic heterocycles. The number of hydrogen-bond acceptors (Lipinski definition) is 3. The number of rotatable bonds is 5. The van der Waals surface area contributed by atoms with Gasteiger partial charge in [0.15, 0.2) is 0 Å². The Morgan fingerprint density at radius 2 is 1.76 bits per heavy atom. The first-order chi connectivity index (χ1) is 8.02. The standard InChI is InChI=1S/C12H17N3O2/c1-8(12(14)17)15-11(16)6-9-2-4-10(7-13)5-3-9/h2-5,8H,6-7,13H2,1H3,(H2,14,17)(H,15,16). The molecule has 0 radical (unpaired) electrons. The fourth-order valence-electron chi connectivity index (χ4n) is 1.34. The highest BCUT2D eigenvalue weighted by molar-refractivity contribution is 5.87. The fourth-order valence-corrected chi connectivity index (χ4v) is 1.34. The third-order valence-corrected chi connectivity index (χ3v) is 2.43. The van der Waals surface area contributed by atoms with Gasteiger partial charge in [-0.25, -0.2) is 0 Å². The van der Waals surface area contributed by atoms with Gasteiger partial charge in [0.25, 0.3) is 0 Å². The van der Waals surface area contributed by atoms with Crippen LogP contribution in [0.25, 0.3) is 0 Å². The SMILES string of the molecule is CC(NC(=O)Cc1ccc(CN)cc1)C(N)=O. The van der Waals surface area contributed by atoms with Crippen molar-refractivity contribution in [3.05, 3.63) is 35.4 Å². The third-order valence-electron chi connectivity index (χ3n) is 2.43. The molecule has 0 saturated heterocycles. The molecule has 0 bridgehead atoms. The lowest BCUT2D eigenvalue weighted by atomic mass is 10.1. The second-order valence-electron chi connectivity index (χ2n) is 3.89. The monoisotopic (exact) mass is 235 g/mol. The average molecular weight is 235 g/mol. The van der Waals surface area contributed by atoms with Gasteiger partial charge in [0.2, 0.25) is 11.8 Å². The molecule has 0 fully saturated rings. The predicted octanol–water partition coefficient (Wildman–Crippen LogP) is -0.322. The van der Waals surface area contributed by atoms with Crippen molar-refractivity contribution in [3.63, 3.8) is 0 Å². The number of primary amides is 1. The van der Waals surface area contributed by atoms with Crippen molar-refractivity contribution in [2.45, 2.75) is 25.9 Å². The summed E-state index contributed by atoms with van der Waals surface area (Å²) in [7, 11) is 0. The van der Waals surface area contributed by atoms with E-state index in [1.165, 1.54) is 0 Å². The van der Waals surface area contributed by atoms with Crippen molar-refractivity contribution in [2.75, 3.05) is 0 Å². The smallest absolute Gasteiger partial charge is 0.239 e. The van der Waals surface area contributed by atoms with Crippen LogP contribution in [0, 0.1) is 0 Å². The molecule has 5 N–H and O–H groups in total. The lowest BCUT2D eigenvalue weighted by Gasteiger charge is -2.10. The maximum atomic E-state index is 11.5. The number of carbonyl (C=O) groups is 2. The molecule has 1 aromatic rings. The van der Waals surface area contributed by atoms with Crippen molar-refractivity contribution in [1.29, 1.82) is 0 Å². The summed E-state index contributed by atoms with van der Waals surface area (Å²) in [5.41, 5.74) is 12.4. The van der Waals surface area contributed by atoms with Crippen LogP contribution in [-0.2, 0) is 22.6 Å². The molecule has 1 unspecified atom stereocenters. The maximum absolute atomic E-state index is 11.5. The molecule has 17 heavy (non-hydrogen) atoms. The van der Waals surface area contributed by atoms with Gasteiger partial charge in [-0.15, -0.1) is 0 Å². The van der Waals surface area contributed by atoms with Gasteiger partial charge in [-0.2, -0.15) is 0 Å². The van der Waals surface area contributed by atoms with Crippen LogP contribution in [0.3, 0.4) is 0 Å². The average Bonchev–Trinajstić information content (AvgIpc) is 2.29. The summed E-state index contributed by atoms with van der Waals surface area (Å²) in [5.74, 6) is -0.770. The zero-order valence-corrected chi connectivity index (χ0v) is 9.77. The van der Waals surface area contributed by atoms with Crippen LogP contribution in [0.4, 0.5) is 0 Å². The van der Waals surface area contributed by atoms with Crippen LogP contribution in [0.5, 0.6) is 0 Å². The summed E-state index contributed by atoms with van der Waals surface area (Å²) in [6.45, 7) is 2.03. The second-order valence-corrected chi connectivity index (χ2v) is 3.89. The fraction of sp³-hybridized carbons (Fsp3) is 0.333. The van der Waals surface area contributed by atoms with Gasteiger partial charge in [0, 0.05) is 6.54 Å². The van der Waals surface area contributed by atoms with Crippen LogP contribution in [-0.4, -0.2) is 17.9 Å². The topological polar surface area (TPSA) is 98.2 Å². The largest absolute Gasteiger partial charge is 0.368 e. The summed E-state index contributed by atoms with van der Waals surface area (Å²) >= 11 is 0. The van der Waals surface area contributed by atoms with E-state index < -0.39 is 11.9 Å². The van der Waals surface area contributed by atoms with Crippen LogP contribution in [0.1, 0.15) is 18.1 Å². The van der Waals surface area contributed by atoms with Gasteiger partial charge in [-0.1, -0.05) is 24.3 Å². The van der Waals surface area contributed by atoms with Crippen molar-refractivity contribution < 1.29 is 9.59 Å². The van der Waals surface area contributed by atoms with Crippen molar-refractivity contribution in [1.82, 2.24) is 5.32 Å². The van der Waals surface area contributed by atoms with E-state index >= 15 is 0 Å². The Balaban J connectivity index is 2.53. The molecule has 1 aromatic carbocycles. The first kappa shape index (κ1) is 13.2. The van der Waals surface area contributed by atoms with Crippen molar-refractivity contribution in [3.8, 4) is 0 Å². The van der Waals surface area contributed by atoms with Gasteiger partial charge in [0.05, 0.1) is 6.42 Å². The predicted molar refractivity (Wildman–Crippen MR) is 64.8 cm³/mol. The van der Waals surface area contributed by atoms with Gasteiger partial charge in [-0.3, -0.25) is 9.59 Å². The van der Waals surface area contributed by atoms with E-state index in [0.29, 0.717) is 6.54 Å². The number of nitrogens with one attached hydrogen (secondary N) is 1. The molecule has 92 valence electrons. The van der Waals surface area contributed by atoms with Crippen LogP contribution < -0.4 is 16.8 Å². The van der Waals surface area contributed by atoms with E-state index in [9.17, 15) is 9.59 Å². The van der Waals surface area contributed by atoms with E-state index in [4.69, 9.17) is 11.5 Å². The Labute approximate surface area is 100 Å². The Morgan fingerprint density at radius 1 is 1.24 bits per heavy atom.